The van der Waals surface area contributed by atoms with Crippen LogP contribution in [0.5, 0.6) is 11.5 Å². The number of hydrogen-bond donors (Lipinski definition) is 2. The molecule has 0 radical (unpaired) electrons. The molecule has 2 aliphatic rings. The molecule has 8 nitrogen and oxygen atoms in total. The first-order chi connectivity index (χ1) is 16.6. The van der Waals surface area contributed by atoms with Crippen molar-refractivity contribution in [2.45, 2.75) is 37.8 Å². The normalized spacial score (nSPS) is 22.8. The Morgan fingerprint density at radius 3 is 1.71 bits per heavy atom. The highest BCUT2D eigenvalue weighted by Gasteiger charge is 2.31. The Labute approximate surface area is 201 Å². The monoisotopic (exact) mass is 494 g/mol. The fourth-order valence-corrected chi connectivity index (χ4v) is 3.25. The Bertz CT molecular complexity index is 1070. The Morgan fingerprint density at radius 2 is 1.26 bits per heavy atom. The zero-order valence-electron chi connectivity index (χ0n) is 19.6. The predicted molar refractivity (Wildman–Crippen MR) is 125 cm³/mol. The second kappa shape index (κ2) is 11.2. The van der Waals surface area contributed by atoms with Crippen LogP contribution in [-0.2, 0) is 9.47 Å². The molecule has 11 heteroatoms. The molecule has 4 N–H and O–H groups in total. The van der Waals surface area contributed by atoms with Crippen molar-refractivity contribution >= 4 is 12.0 Å². The molecular formula is C24H29F3N4O4. The summed E-state index contributed by atoms with van der Waals surface area (Å²) in [6.07, 6.45) is 1.28. The van der Waals surface area contributed by atoms with Gasteiger partial charge in [-0.3, -0.25) is 0 Å². The average Bonchev–Trinajstić information content (AvgIpc) is 3.33. The first kappa shape index (κ1) is 26.0. The highest BCUT2D eigenvalue weighted by atomic mass is 19.2. The zero-order valence-corrected chi connectivity index (χ0v) is 19.6. The van der Waals surface area contributed by atoms with Crippen LogP contribution in [0.1, 0.15) is 26.7 Å². The molecular weight excluding hydrogens is 465 g/mol. The minimum Gasteiger partial charge on any atom is -0.494 e. The van der Waals surface area contributed by atoms with Crippen molar-refractivity contribution in [3.05, 3.63) is 59.9 Å². The summed E-state index contributed by atoms with van der Waals surface area (Å²) < 4.78 is 59.3. The van der Waals surface area contributed by atoms with Gasteiger partial charge in [0.2, 0.25) is 0 Å². The van der Waals surface area contributed by atoms with E-state index in [9.17, 15) is 13.2 Å². The van der Waals surface area contributed by atoms with Crippen LogP contribution in [0.4, 0.5) is 13.2 Å². The molecule has 2 aliphatic heterocycles. The number of amidine groups is 2. The van der Waals surface area contributed by atoms with Crippen LogP contribution in [0, 0.1) is 17.5 Å². The van der Waals surface area contributed by atoms with E-state index in [-0.39, 0.29) is 29.1 Å². The summed E-state index contributed by atoms with van der Waals surface area (Å²) in [6, 6.07) is 9.75. The van der Waals surface area contributed by atoms with E-state index >= 15 is 0 Å². The standard InChI is InChI=1S/C12H14F2N2O2.C12H15FN2O2/c1-12(7-18-11(15)16-12)4-5-17-8-2-3-9(13)10(14)6-8;1-12(8-17-11(14)15-12)6-7-16-10-4-2-9(13)3-5-10/h2-3,6H,4-5,7H2,1H3,(H2,15,16);2-5H,6-8H2,1H3,(H2,14,15). The lowest BCUT2D eigenvalue weighted by Crippen LogP contribution is -2.26. The maximum absolute atomic E-state index is 12.9. The van der Waals surface area contributed by atoms with Gasteiger partial charge in [0.05, 0.1) is 13.2 Å². The van der Waals surface area contributed by atoms with E-state index in [1.807, 2.05) is 13.8 Å². The lowest BCUT2D eigenvalue weighted by Gasteiger charge is -2.18. The lowest BCUT2D eigenvalue weighted by molar-refractivity contribution is 0.216. The molecule has 2 atom stereocenters. The van der Waals surface area contributed by atoms with Crippen LogP contribution < -0.4 is 20.9 Å². The number of rotatable bonds is 8. The second-order valence-corrected chi connectivity index (χ2v) is 8.70. The van der Waals surface area contributed by atoms with Crippen LogP contribution in [-0.4, -0.2) is 49.5 Å². The maximum Gasteiger partial charge on any atom is 0.282 e. The van der Waals surface area contributed by atoms with Crippen molar-refractivity contribution in [1.29, 1.82) is 0 Å². The number of benzene rings is 2. The van der Waals surface area contributed by atoms with Gasteiger partial charge in [-0.15, -0.1) is 0 Å². The van der Waals surface area contributed by atoms with E-state index in [2.05, 4.69) is 9.98 Å². The van der Waals surface area contributed by atoms with Crippen molar-refractivity contribution in [3.8, 4) is 11.5 Å². The third kappa shape index (κ3) is 7.97. The minimum absolute atomic E-state index is 0.172. The molecule has 2 heterocycles. The van der Waals surface area contributed by atoms with Gasteiger partial charge in [0.25, 0.3) is 12.0 Å². The van der Waals surface area contributed by atoms with E-state index in [0.717, 1.165) is 12.1 Å². The topological polar surface area (TPSA) is 114 Å². The number of hydrogen-bond acceptors (Lipinski definition) is 8. The van der Waals surface area contributed by atoms with Crippen molar-refractivity contribution in [1.82, 2.24) is 0 Å². The Kier molecular flexibility index (Phi) is 8.31. The van der Waals surface area contributed by atoms with Crippen molar-refractivity contribution < 1.29 is 32.1 Å². The highest BCUT2D eigenvalue weighted by molar-refractivity contribution is 5.74. The maximum atomic E-state index is 12.9. The molecule has 4 rings (SSSR count). The molecule has 0 bridgehead atoms. The van der Waals surface area contributed by atoms with Gasteiger partial charge in [-0.2, -0.15) is 0 Å². The van der Waals surface area contributed by atoms with Gasteiger partial charge >= 0.3 is 0 Å². The van der Waals surface area contributed by atoms with Gasteiger partial charge in [-0.25, -0.2) is 23.2 Å². The fraction of sp³-hybridized carbons (Fsp3) is 0.417. The summed E-state index contributed by atoms with van der Waals surface area (Å²) in [6.45, 7) is 5.54. The molecule has 0 spiro atoms. The molecule has 35 heavy (non-hydrogen) atoms. The molecule has 0 aromatic heterocycles. The van der Waals surface area contributed by atoms with E-state index < -0.39 is 17.2 Å². The number of aliphatic imine (C=N–C) groups is 2. The van der Waals surface area contributed by atoms with E-state index in [1.54, 1.807) is 12.1 Å². The molecule has 190 valence electrons. The molecule has 0 saturated heterocycles. The predicted octanol–water partition coefficient (Wildman–Crippen LogP) is 3.54. The Morgan fingerprint density at radius 1 is 0.771 bits per heavy atom. The molecule has 2 aromatic carbocycles. The van der Waals surface area contributed by atoms with Gasteiger partial charge in [-0.1, -0.05) is 0 Å². The summed E-state index contributed by atoms with van der Waals surface area (Å²) >= 11 is 0. The molecule has 2 aromatic rings. The third-order valence-corrected chi connectivity index (χ3v) is 5.35. The first-order valence-electron chi connectivity index (χ1n) is 11.0. The SMILES string of the molecule is CC1(CCOc2ccc(F)c(F)c2)COC(N)=N1.CC1(CCOc2ccc(F)cc2)COC(N)=N1. The summed E-state index contributed by atoms with van der Waals surface area (Å²) in [5.41, 5.74) is 10.2. The summed E-state index contributed by atoms with van der Waals surface area (Å²) in [5.74, 6) is -1.16. The van der Waals surface area contributed by atoms with E-state index in [4.69, 9.17) is 30.4 Å². The second-order valence-electron chi connectivity index (χ2n) is 8.70. The van der Waals surface area contributed by atoms with Crippen LogP contribution in [0.2, 0.25) is 0 Å². The van der Waals surface area contributed by atoms with E-state index in [1.165, 1.54) is 18.2 Å². The largest absolute Gasteiger partial charge is 0.494 e. The van der Waals surface area contributed by atoms with Gasteiger partial charge < -0.3 is 30.4 Å². The molecule has 2 unspecified atom stereocenters. The zero-order chi connectivity index (χ0) is 25.5. The number of nitrogens with zero attached hydrogens (tertiary/aromatic N) is 2. The van der Waals surface area contributed by atoms with Crippen molar-refractivity contribution in [3.63, 3.8) is 0 Å². The van der Waals surface area contributed by atoms with Gasteiger partial charge in [0.1, 0.15) is 41.6 Å². The minimum atomic E-state index is -0.926. The highest BCUT2D eigenvalue weighted by Crippen LogP contribution is 2.23. The molecule has 0 saturated carbocycles. The average molecular weight is 495 g/mol. The van der Waals surface area contributed by atoms with Crippen molar-refractivity contribution in [2.75, 3.05) is 26.4 Å². The quantitative estimate of drug-likeness (QED) is 0.580. The third-order valence-electron chi connectivity index (χ3n) is 5.35. The molecule has 0 fully saturated rings. The summed E-state index contributed by atoms with van der Waals surface area (Å²) in [5, 5.41) is 0. The van der Waals surface area contributed by atoms with Gasteiger partial charge in [0.15, 0.2) is 11.6 Å². The van der Waals surface area contributed by atoms with Crippen LogP contribution >= 0.6 is 0 Å². The smallest absolute Gasteiger partial charge is 0.282 e. The Hall–Kier alpha value is -3.63. The lowest BCUT2D eigenvalue weighted by atomic mass is 10.0. The van der Waals surface area contributed by atoms with Gasteiger partial charge in [0, 0.05) is 18.9 Å². The van der Waals surface area contributed by atoms with Crippen molar-refractivity contribution in [2.24, 2.45) is 21.5 Å². The number of halogens is 3. The van der Waals surface area contributed by atoms with Crippen LogP contribution in [0.15, 0.2) is 52.4 Å². The molecule has 0 amide bonds. The van der Waals surface area contributed by atoms with Crippen LogP contribution in [0.25, 0.3) is 0 Å². The molecule has 0 aliphatic carbocycles. The summed E-state index contributed by atoms with van der Waals surface area (Å²) in [4.78, 5) is 8.34. The fourth-order valence-electron chi connectivity index (χ4n) is 3.25. The number of nitrogens with two attached hydrogens (primary N) is 2. The van der Waals surface area contributed by atoms with Crippen LogP contribution in [0.3, 0.4) is 0 Å². The first-order valence-corrected chi connectivity index (χ1v) is 11.0. The van der Waals surface area contributed by atoms with E-state index in [0.29, 0.717) is 45.0 Å². The summed E-state index contributed by atoms with van der Waals surface area (Å²) in [7, 11) is 0. The van der Waals surface area contributed by atoms with Gasteiger partial charge in [-0.05, 0) is 50.2 Å². The Balaban J connectivity index is 0.000000196. The number of ether oxygens (including phenoxy) is 4.